The lowest BCUT2D eigenvalue weighted by molar-refractivity contribution is 0.0990. The van der Waals surface area contributed by atoms with Gasteiger partial charge in [-0.05, 0) is 25.5 Å². The Balaban J connectivity index is 3.03. The van der Waals surface area contributed by atoms with Crippen LogP contribution in [0, 0.1) is 6.92 Å². The molecule has 0 aliphatic carbocycles. The van der Waals surface area contributed by atoms with Gasteiger partial charge in [0.15, 0.2) is 5.78 Å². The normalized spacial score (nSPS) is 12.6. The van der Waals surface area contributed by atoms with Crippen molar-refractivity contribution in [3.05, 3.63) is 29.6 Å². The topological polar surface area (TPSA) is 30.0 Å². The predicted octanol–water partition coefficient (Wildman–Crippen LogP) is 2.36. The molecule has 0 bridgehead atoms. The van der Waals surface area contributed by atoms with Crippen molar-refractivity contribution < 1.29 is 4.79 Å². The SMILES string of the molecule is Cc1cccnc1C(=O)C(C)Br. The number of alkyl halides is 1. The van der Waals surface area contributed by atoms with Crippen molar-refractivity contribution in [2.24, 2.45) is 0 Å². The zero-order valence-corrected chi connectivity index (χ0v) is 8.63. The molecular formula is C9H10BrNO. The second-order valence-corrected chi connectivity index (χ2v) is 4.02. The molecule has 3 heteroatoms. The van der Waals surface area contributed by atoms with E-state index in [2.05, 4.69) is 20.9 Å². The fourth-order valence-corrected chi connectivity index (χ4v) is 1.15. The van der Waals surface area contributed by atoms with Crippen molar-refractivity contribution in [2.75, 3.05) is 0 Å². The molecule has 0 radical (unpaired) electrons. The second kappa shape index (κ2) is 3.81. The molecule has 1 unspecified atom stereocenters. The maximum Gasteiger partial charge on any atom is 0.194 e. The zero-order valence-electron chi connectivity index (χ0n) is 7.04. The number of halogens is 1. The summed E-state index contributed by atoms with van der Waals surface area (Å²) in [5.41, 5.74) is 1.48. The summed E-state index contributed by atoms with van der Waals surface area (Å²) in [7, 11) is 0. The van der Waals surface area contributed by atoms with E-state index in [0.717, 1.165) is 5.56 Å². The van der Waals surface area contributed by atoms with Gasteiger partial charge in [0.2, 0.25) is 0 Å². The van der Waals surface area contributed by atoms with E-state index in [1.54, 1.807) is 13.1 Å². The van der Waals surface area contributed by atoms with E-state index in [9.17, 15) is 4.79 Å². The van der Waals surface area contributed by atoms with Crippen LogP contribution in [-0.2, 0) is 0 Å². The van der Waals surface area contributed by atoms with Crippen LogP contribution in [0.3, 0.4) is 0 Å². The highest BCUT2D eigenvalue weighted by Gasteiger charge is 2.14. The molecule has 0 amide bonds. The monoisotopic (exact) mass is 227 g/mol. The average Bonchev–Trinajstić information content (AvgIpc) is 2.04. The summed E-state index contributed by atoms with van der Waals surface area (Å²) in [4.78, 5) is 15.3. The highest BCUT2D eigenvalue weighted by molar-refractivity contribution is 9.10. The number of nitrogens with zero attached hydrogens (tertiary/aromatic N) is 1. The number of ketones is 1. The van der Waals surface area contributed by atoms with Crippen molar-refractivity contribution in [2.45, 2.75) is 18.7 Å². The molecule has 12 heavy (non-hydrogen) atoms. The van der Waals surface area contributed by atoms with Crippen molar-refractivity contribution in [3.8, 4) is 0 Å². The molecule has 0 aliphatic heterocycles. The Labute approximate surface area is 80.1 Å². The number of carbonyl (C=O) groups excluding carboxylic acids is 1. The minimum atomic E-state index is -0.161. The molecule has 1 atom stereocenters. The largest absolute Gasteiger partial charge is 0.291 e. The molecule has 0 spiro atoms. The fraction of sp³-hybridized carbons (Fsp3) is 0.333. The van der Waals surface area contributed by atoms with Crippen molar-refractivity contribution in [3.63, 3.8) is 0 Å². The van der Waals surface area contributed by atoms with Gasteiger partial charge in [0, 0.05) is 6.20 Å². The van der Waals surface area contributed by atoms with Crippen LogP contribution < -0.4 is 0 Å². The average molecular weight is 228 g/mol. The Kier molecular flexibility index (Phi) is 2.98. The molecule has 64 valence electrons. The molecular weight excluding hydrogens is 218 g/mol. The van der Waals surface area contributed by atoms with E-state index >= 15 is 0 Å². The molecule has 1 heterocycles. The van der Waals surface area contributed by atoms with Crippen LogP contribution >= 0.6 is 15.9 Å². The van der Waals surface area contributed by atoms with E-state index in [0.29, 0.717) is 5.69 Å². The first-order chi connectivity index (χ1) is 5.63. The summed E-state index contributed by atoms with van der Waals surface area (Å²) in [6.45, 7) is 3.69. The second-order valence-electron chi connectivity index (χ2n) is 2.65. The Bertz CT molecular complexity index is 296. The van der Waals surface area contributed by atoms with Gasteiger partial charge in [0.05, 0.1) is 4.83 Å². The van der Waals surface area contributed by atoms with Crippen LogP contribution in [0.5, 0.6) is 0 Å². The van der Waals surface area contributed by atoms with Gasteiger partial charge in [-0.25, -0.2) is 0 Å². The van der Waals surface area contributed by atoms with Crippen LogP contribution in [0.2, 0.25) is 0 Å². The van der Waals surface area contributed by atoms with Gasteiger partial charge in [-0.1, -0.05) is 22.0 Å². The maximum atomic E-state index is 11.5. The van der Waals surface area contributed by atoms with Crippen LogP contribution in [-0.4, -0.2) is 15.6 Å². The first-order valence-electron chi connectivity index (χ1n) is 3.73. The van der Waals surface area contributed by atoms with E-state index in [1.165, 1.54) is 0 Å². The molecule has 0 N–H and O–H groups in total. The van der Waals surface area contributed by atoms with Gasteiger partial charge < -0.3 is 0 Å². The summed E-state index contributed by atoms with van der Waals surface area (Å²) < 4.78 is 0. The molecule has 0 aromatic carbocycles. The molecule has 1 rings (SSSR count). The van der Waals surface area contributed by atoms with Gasteiger partial charge in [-0.2, -0.15) is 0 Å². The maximum absolute atomic E-state index is 11.5. The minimum absolute atomic E-state index is 0.0353. The van der Waals surface area contributed by atoms with Gasteiger partial charge in [0.25, 0.3) is 0 Å². The number of carbonyl (C=O) groups is 1. The van der Waals surface area contributed by atoms with Gasteiger partial charge in [-0.3, -0.25) is 9.78 Å². The Morgan fingerprint density at radius 1 is 1.67 bits per heavy atom. The lowest BCUT2D eigenvalue weighted by Crippen LogP contribution is -2.13. The first kappa shape index (κ1) is 9.39. The highest BCUT2D eigenvalue weighted by Crippen LogP contribution is 2.10. The lowest BCUT2D eigenvalue weighted by Gasteiger charge is -2.03. The van der Waals surface area contributed by atoms with Crippen LogP contribution in [0.15, 0.2) is 18.3 Å². The van der Waals surface area contributed by atoms with Crippen molar-refractivity contribution >= 4 is 21.7 Å². The Morgan fingerprint density at radius 2 is 2.33 bits per heavy atom. The number of aromatic nitrogens is 1. The predicted molar refractivity (Wildman–Crippen MR) is 51.7 cm³/mol. The van der Waals surface area contributed by atoms with Gasteiger partial charge >= 0.3 is 0 Å². The van der Waals surface area contributed by atoms with Gasteiger partial charge in [0.1, 0.15) is 5.69 Å². The van der Waals surface area contributed by atoms with Crippen molar-refractivity contribution in [1.82, 2.24) is 4.98 Å². The summed E-state index contributed by atoms with van der Waals surface area (Å²) in [5.74, 6) is 0.0353. The molecule has 0 saturated heterocycles. The van der Waals surface area contributed by atoms with E-state index in [-0.39, 0.29) is 10.6 Å². The summed E-state index contributed by atoms with van der Waals surface area (Å²) >= 11 is 3.22. The zero-order chi connectivity index (χ0) is 9.14. The van der Waals surface area contributed by atoms with Crippen LogP contribution in [0.4, 0.5) is 0 Å². The smallest absolute Gasteiger partial charge is 0.194 e. The third-order valence-corrected chi connectivity index (χ3v) is 2.02. The molecule has 0 fully saturated rings. The molecule has 1 aromatic rings. The molecule has 1 aromatic heterocycles. The van der Waals surface area contributed by atoms with E-state index in [4.69, 9.17) is 0 Å². The molecule has 2 nitrogen and oxygen atoms in total. The lowest BCUT2D eigenvalue weighted by atomic mass is 10.1. The molecule has 0 saturated carbocycles. The number of aryl methyl sites for hydroxylation is 1. The van der Waals surface area contributed by atoms with Crippen molar-refractivity contribution in [1.29, 1.82) is 0 Å². The fourth-order valence-electron chi connectivity index (χ4n) is 0.932. The summed E-state index contributed by atoms with van der Waals surface area (Å²) in [5, 5.41) is 0. The first-order valence-corrected chi connectivity index (χ1v) is 4.64. The number of pyridine rings is 1. The van der Waals surface area contributed by atoms with Crippen LogP contribution in [0.25, 0.3) is 0 Å². The molecule has 0 aliphatic rings. The third kappa shape index (κ3) is 1.91. The quantitative estimate of drug-likeness (QED) is 0.574. The Morgan fingerprint density at radius 3 is 2.83 bits per heavy atom. The standard InChI is InChI=1S/C9H10BrNO/c1-6-4-3-5-11-8(6)9(12)7(2)10/h3-5,7H,1-2H3. The number of hydrogen-bond donors (Lipinski definition) is 0. The Hall–Kier alpha value is -0.700. The van der Waals surface area contributed by atoms with Crippen LogP contribution in [0.1, 0.15) is 23.0 Å². The van der Waals surface area contributed by atoms with E-state index in [1.807, 2.05) is 19.1 Å². The van der Waals surface area contributed by atoms with E-state index < -0.39 is 0 Å². The minimum Gasteiger partial charge on any atom is -0.291 e. The number of Topliss-reactive ketones (excluding diaryl/α,β-unsaturated/α-hetero) is 1. The highest BCUT2D eigenvalue weighted by atomic mass is 79.9. The summed E-state index contributed by atoms with van der Waals surface area (Å²) in [6.07, 6.45) is 1.63. The third-order valence-electron chi connectivity index (χ3n) is 1.60. The number of rotatable bonds is 2. The summed E-state index contributed by atoms with van der Waals surface area (Å²) in [6, 6.07) is 3.71. The number of hydrogen-bond acceptors (Lipinski definition) is 2. The van der Waals surface area contributed by atoms with Gasteiger partial charge in [-0.15, -0.1) is 0 Å².